The SMILES string of the molecule is COC1=CCC=C2C(C#N)=NC=CC12. The molecule has 2 rings (SSSR count). The number of allylic oxidation sites excluding steroid dienone is 3. The van der Waals surface area contributed by atoms with Gasteiger partial charge in [-0.1, -0.05) is 12.2 Å². The van der Waals surface area contributed by atoms with Crippen molar-refractivity contribution < 1.29 is 4.74 Å². The van der Waals surface area contributed by atoms with E-state index in [1.165, 1.54) is 0 Å². The lowest BCUT2D eigenvalue weighted by Crippen LogP contribution is -2.18. The molecule has 0 aromatic heterocycles. The van der Waals surface area contributed by atoms with E-state index in [4.69, 9.17) is 10.00 Å². The molecule has 1 atom stereocenters. The Hall–Kier alpha value is -1.82. The molecule has 1 aliphatic carbocycles. The van der Waals surface area contributed by atoms with E-state index >= 15 is 0 Å². The van der Waals surface area contributed by atoms with Gasteiger partial charge in [-0.05, 0) is 18.1 Å². The summed E-state index contributed by atoms with van der Waals surface area (Å²) in [6.45, 7) is 0. The molecule has 70 valence electrons. The summed E-state index contributed by atoms with van der Waals surface area (Å²) in [4.78, 5) is 4.02. The van der Waals surface area contributed by atoms with Crippen LogP contribution in [0.5, 0.6) is 0 Å². The van der Waals surface area contributed by atoms with Crippen LogP contribution in [0.15, 0.2) is 40.8 Å². The lowest BCUT2D eigenvalue weighted by molar-refractivity contribution is 0.264. The number of aliphatic imine (C=N–C) groups is 1. The van der Waals surface area contributed by atoms with Crippen LogP contribution in [0.1, 0.15) is 6.42 Å². The van der Waals surface area contributed by atoms with Crippen molar-refractivity contribution in [1.82, 2.24) is 0 Å². The number of methoxy groups -OCH3 is 1. The monoisotopic (exact) mass is 186 g/mol. The van der Waals surface area contributed by atoms with Gasteiger partial charge in [0.1, 0.15) is 17.5 Å². The molecule has 0 radical (unpaired) electrons. The summed E-state index contributed by atoms with van der Waals surface area (Å²) in [7, 11) is 1.65. The number of ether oxygens (including phenoxy) is 1. The van der Waals surface area contributed by atoms with Gasteiger partial charge in [-0.25, -0.2) is 4.99 Å². The largest absolute Gasteiger partial charge is 0.500 e. The van der Waals surface area contributed by atoms with Crippen molar-refractivity contribution in [2.75, 3.05) is 7.11 Å². The van der Waals surface area contributed by atoms with E-state index < -0.39 is 0 Å². The lowest BCUT2D eigenvalue weighted by atomic mass is 9.87. The summed E-state index contributed by atoms with van der Waals surface area (Å²) in [6, 6.07) is 2.10. The molecule has 3 nitrogen and oxygen atoms in total. The van der Waals surface area contributed by atoms with Crippen LogP contribution in [-0.2, 0) is 4.74 Å². The van der Waals surface area contributed by atoms with E-state index in [9.17, 15) is 0 Å². The van der Waals surface area contributed by atoms with Crippen molar-refractivity contribution in [3.05, 3.63) is 35.8 Å². The summed E-state index contributed by atoms with van der Waals surface area (Å²) in [5.74, 6) is 0.988. The van der Waals surface area contributed by atoms with Gasteiger partial charge in [0.2, 0.25) is 0 Å². The Bertz CT molecular complexity index is 407. The van der Waals surface area contributed by atoms with Crippen LogP contribution in [0, 0.1) is 17.2 Å². The van der Waals surface area contributed by atoms with Gasteiger partial charge in [0.25, 0.3) is 0 Å². The maximum Gasteiger partial charge on any atom is 0.144 e. The fourth-order valence-corrected chi connectivity index (χ4v) is 1.73. The molecule has 3 heteroatoms. The molecule has 0 saturated carbocycles. The minimum atomic E-state index is 0.0842. The molecule has 0 aromatic carbocycles. The van der Waals surface area contributed by atoms with Gasteiger partial charge in [0.15, 0.2) is 0 Å². The summed E-state index contributed by atoms with van der Waals surface area (Å²) < 4.78 is 5.26. The van der Waals surface area contributed by atoms with E-state index in [0.717, 1.165) is 17.8 Å². The first-order chi connectivity index (χ1) is 6.86. The van der Waals surface area contributed by atoms with E-state index in [0.29, 0.717) is 5.71 Å². The molecule has 1 unspecified atom stereocenters. The normalized spacial score (nSPS) is 24.0. The Balaban J connectivity index is 2.38. The molecule has 0 amide bonds. The number of fused-ring (bicyclic) bond motifs is 1. The van der Waals surface area contributed by atoms with Crippen LogP contribution in [0.3, 0.4) is 0 Å². The minimum Gasteiger partial charge on any atom is -0.500 e. The van der Waals surface area contributed by atoms with Crippen molar-refractivity contribution in [3.63, 3.8) is 0 Å². The Morgan fingerprint density at radius 3 is 3.14 bits per heavy atom. The van der Waals surface area contributed by atoms with Gasteiger partial charge >= 0.3 is 0 Å². The van der Waals surface area contributed by atoms with Crippen LogP contribution >= 0.6 is 0 Å². The zero-order valence-corrected chi connectivity index (χ0v) is 7.90. The molecule has 1 aliphatic heterocycles. The second-order valence-corrected chi connectivity index (χ2v) is 3.11. The van der Waals surface area contributed by atoms with E-state index in [-0.39, 0.29) is 5.92 Å². The predicted molar refractivity (Wildman–Crippen MR) is 53.5 cm³/mol. The quantitative estimate of drug-likeness (QED) is 0.628. The van der Waals surface area contributed by atoms with Gasteiger partial charge in [0.05, 0.1) is 13.0 Å². The highest BCUT2D eigenvalue weighted by atomic mass is 16.5. The summed E-state index contributed by atoms with van der Waals surface area (Å²) in [5, 5.41) is 8.87. The van der Waals surface area contributed by atoms with Gasteiger partial charge < -0.3 is 4.74 Å². The highest BCUT2D eigenvalue weighted by molar-refractivity contribution is 6.13. The van der Waals surface area contributed by atoms with Crippen LogP contribution in [-0.4, -0.2) is 12.8 Å². The van der Waals surface area contributed by atoms with Crippen molar-refractivity contribution in [1.29, 1.82) is 5.26 Å². The van der Waals surface area contributed by atoms with Crippen LogP contribution < -0.4 is 0 Å². The highest BCUT2D eigenvalue weighted by Gasteiger charge is 2.25. The first-order valence-electron chi connectivity index (χ1n) is 4.46. The highest BCUT2D eigenvalue weighted by Crippen LogP contribution is 2.30. The van der Waals surface area contributed by atoms with E-state index in [1.54, 1.807) is 13.3 Å². The van der Waals surface area contributed by atoms with Crippen LogP contribution in [0.4, 0.5) is 0 Å². The first-order valence-corrected chi connectivity index (χ1v) is 4.46. The average molecular weight is 186 g/mol. The summed E-state index contributed by atoms with van der Waals surface area (Å²) in [6.07, 6.45) is 8.47. The van der Waals surface area contributed by atoms with Crippen LogP contribution in [0.2, 0.25) is 0 Å². The molecule has 2 aliphatic rings. The van der Waals surface area contributed by atoms with Crippen molar-refractivity contribution >= 4 is 5.71 Å². The zero-order chi connectivity index (χ0) is 9.97. The number of hydrogen-bond acceptors (Lipinski definition) is 3. The second kappa shape index (κ2) is 3.51. The molecule has 1 heterocycles. The third kappa shape index (κ3) is 1.25. The number of hydrogen-bond donors (Lipinski definition) is 0. The summed E-state index contributed by atoms with van der Waals surface area (Å²) >= 11 is 0. The summed E-state index contributed by atoms with van der Waals surface area (Å²) in [5.41, 5.74) is 1.47. The fraction of sp³-hybridized carbons (Fsp3) is 0.273. The Morgan fingerprint density at radius 1 is 1.57 bits per heavy atom. The number of nitrogens with zero attached hydrogens (tertiary/aromatic N) is 2. The molecular formula is C11H10N2O. The van der Waals surface area contributed by atoms with Crippen molar-refractivity contribution in [3.8, 4) is 6.07 Å². The maximum atomic E-state index is 8.87. The molecule has 0 spiro atoms. The predicted octanol–water partition coefficient (Wildman–Crippen LogP) is 1.95. The second-order valence-electron chi connectivity index (χ2n) is 3.11. The third-order valence-electron chi connectivity index (χ3n) is 2.40. The van der Waals surface area contributed by atoms with Crippen LogP contribution in [0.25, 0.3) is 0 Å². The Morgan fingerprint density at radius 2 is 2.43 bits per heavy atom. The lowest BCUT2D eigenvalue weighted by Gasteiger charge is -2.23. The third-order valence-corrected chi connectivity index (χ3v) is 2.40. The van der Waals surface area contributed by atoms with Crippen molar-refractivity contribution in [2.24, 2.45) is 10.9 Å². The fourth-order valence-electron chi connectivity index (χ4n) is 1.73. The molecule has 0 fully saturated rings. The molecule has 0 saturated heterocycles. The van der Waals surface area contributed by atoms with Gasteiger partial charge in [-0.2, -0.15) is 5.26 Å². The average Bonchev–Trinajstić information content (AvgIpc) is 2.27. The Kier molecular flexibility index (Phi) is 2.19. The molecular weight excluding hydrogens is 176 g/mol. The van der Waals surface area contributed by atoms with Gasteiger partial charge in [-0.3, -0.25) is 0 Å². The Labute approximate surface area is 82.7 Å². The number of nitriles is 1. The first kappa shape index (κ1) is 8.76. The smallest absolute Gasteiger partial charge is 0.144 e. The van der Waals surface area contributed by atoms with Crippen molar-refractivity contribution in [2.45, 2.75) is 6.42 Å². The molecule has 0 N–H and O–H groups in total. The maximum absolute atomic E-state index is 8.87. The van der Waals surface area contributed by atoms with Gasteiger partial charge in [-0.15, -0.1) is 0 Å². The number of rotatable bonds is 1. The zero-order valence-electron chi connectivity index (χ0n) is 7.90. The molecule has 0 aromatic rings. The molecule has 14 heavy (non-hydrogen) atoms. The standard InChI is InChI=1S/C11H10N2O/c1-14-11-4-2-3-8-9(11)5-6-13-10(8)7-12/h3-6,9H,2H2,1H3. The molecule has 0 bridgehead atoms. The minimum absolute atomic E-state index is 0.0842. The van der Waals surface area contributed by atoms with Gasteiger partial charge in [0, 0.05) is 6.20 Å². The van der Waals surface area contributed by atoms with E-state index in [1.807, 2.05) is 18.2 Å². The topological polar surface area (TPSA) is 45.4 Å². The van der Waals surface area contributed by atoms with E-state index in [2.05, 4.69) is 11.1 Å².